The summed E-state index contributed by atoms with van der Waals surface area (Å²) < 4.78 is 13.0. The lowest BCUT2D eigenvalue weighted by Crippen LogP contribution is -2.39. The van der Waals surface area contributed by atoms with Gasteiger partial charge in [0.2, 0.25) is 0 Å². The van der Waals surface area contributed by atoms with E-state index in [4.69, 9.17) is 11.6 Å². The Labute approximate surface area is 110 Å². The zero-order chi connectivity index (χ0) is 13.0. The van der Waals surface area contributed by atoms with E-state index in [9.17, 15) is 9.18 Å². The third-order valence-corrected chi connectivity index (χ3v) is 3.01. The molecule has 0 aliphatic carbocycles. The van der Waals surface area contributed by atoms with Crippen LogP contribution in [0.4, 0.5) is 14.9 Å². The van der Waals surface area contributed by atoms with Crippen LogP contribution in [0.25, 0.3) is 0 Å². The zero-order valence-electron chi connectivity index (χ0n) is 9.80. The minimum atomic E-state index is -0.477. The number of anilines is 1. The van der Waals surface area contributed by atoms with Gasteiger partial charge in [-0.05, 0) is 37.6 Å². The highest BCUT2D eigenvalue weighted by Gasteiger charge is 2.14. The first-order valence-electron chi connectivity index (χ1n) is 5.88. The number of amides is 2. The molecule has 2 rings (SSSR count). The van der Waals surface area contributed by atoms with E-state index in [2.05, 4.69) is 16.0 Å². The van der Waals surface area contributed by atoms with E-state index in [1.165, 1.54) is 18.2 Å². The maximum Gasteiger partial charge on any atom is 0.319 e. The summed E-state index contributed by atoms with van der Waals surface area (Å²) in [5.74, 6) is -0.477. The fourth-order valence-electron chi connectivity index (χ4n) is 1.95. The Morgan fingerprint density at radius 2 is 2.33 bits per heavy atom. The average Bonchev–Trinajstić information content (AvgIpc) is 2.77. The van der Waals surface area contributed by atoms with Crippen molar-refractivity contribution in [3.05, 3.63) is 29.0 Å². The number of nitrogens with one attached hydrogen (secondary N) is 3. The van der Waals surface area contributed by atoms with Crippen LogP contribution in [0.5, 0.6) is 0 Å². The number of hydrogen-bond acceptors (Lipinski definition) is 2. The van der Waals surface area contributed by atoms with E-state index < -0.39 is 5.82 Å². The Hall–Kier alpha value is -1.33. The number of carbonyl (C=O) groups is 1. The summed E-state index contributed by atoms with van der Waals surface area (Å²) >= 11 is 5.69. The Balaban J connectivity index is 1.82. The van der Waals surface area contributed by atoms with Gasteiger partial charge in [-0.15, -0.1) is 0 Å². The molecule has 0 bridgehead atoms. The summed E-state index contributed by atoms with van der Waals surface area (Å²) in [7, 11) is 0. The maximum atomic E-state index is 13.0. The van der Waals surface area contributed by atoms with Gasteiger partial charge in [-0.3, -0.25) is 0 Å². The molecule has 0 saturated carbocycles. The van der Waals surface area contributed by atoms with Gasteiger partial charge in [-0.1, -0.05) is 11.6 Å². The summed E-state index contributed by atoms with van der Waals surface area (Å²) in [5.41, 5.74) is 0.344. The molecule has 1 aliphatic rings. The molecule has 1 heterocycles. The van der Waals surface area contributed by atoms with Crippen LogP contribution in [0, 0.1) is 5.82 Å². The van der Waals surface area contributed by atoms with Gasteiger partial charge in [0.05, 0.1) is 0 Å². The highest BCUT2D eigenvalue weighted by Crippen LogP contribution is 2.17. The largest absolute Gasteiger partial charge is 0.336 e. The number of benzene rings is 1. The van der Waals surface area contributed by atoms with E-state index >= 15 is 0 Å². The lowest BCUT2D eigenvalue weighted by atomic mass is 10.2. The lowest BCUT2D eigenvalue weighted by Gasteiger charge is -2.12. The molecule has 0 unspecified atom stereocenters. The van der Waals surface area contributed by atoms with Gasteiger partial charge in [0.25, 0.3) is 0 Å². The van der Waals surface area contributed by atoms with Crippen molar-refractivity contribution in [1.82, 2.24) is 10.6 Å². The minimum Gasteiger partial charge on any atom is -0.336 e. The van der Waals surface area contributed by atoms with Crippen LogP contribution < -0.4 is 16.0 Å². The first kappa shape index (κ1) is 13.1. The molecule has 6 heteroatoms. The molecule has 1 aromatic carbocycles. The van der Waals surface area contributed by atoms with Crippen molar-refractivity contribution < 1.29 is 9.18 Å². The van der Waals surface area contributed by atoms with E-state index in [-0.39, 0.29) is 11.1 Å². The van der Waals surface area contributed by atoms with Crippen molar-refractivity contribution in [2.45, 2.75) is 18.9 Å². The maximum absolute atomic E-state index is 13.0. The second kappa shape index (κ2) is 6.02. The van der Waals surface area contributed by atoms with Crippen LogP contribution in [-0.2, 0) is 0 Å². The Kier molecular flexibility index (Phi) is 4.38. The second-order valence-electron chi connectivity index (χ2n) is 4.29. The number of rotatable bonds is 3. The Bertz CT molecular complexity index is 415. The van der Waals surface area contributed by atoms with Crippen LogP contribution in [0.2, 0.25) is 5.02 Å². The second-order valence-corrected chi connectivity index (χ2v) is 4.72. The summed E-state index contributed by atoms with van der Waals surface area (Å²) in [6, 6.07) is 3.88. The van der Waals surface area contributed by atoms with Crippen LogP contribution in [0.3, 0.4) is 0 Å². The SMILES string of the molecule is O=C(NC[C@@H]1CCCN1)Nc1cc(F)cc(Cl)c1. The normalized spacial score (nSPS) is 18.7. The molecular formula is C12H15ClFN3O. The average molecular weight is 272 g/mol. The molecule has 0 spiro atoms. The molecule has 1 aliphatic heterocycles. The van der Waals surface area contributed by atoms with E-state index in [0.29, 0.717) is 18.3 Å². The molecule has 3 N–H and O–H groups in total. The summed E-state index contributed by atoms with van der Waals surface area (Å²) in [6.07, 6.45) is 2.19. The first-order valence-corrected chi connectivity index (χ1v) is 6.25. The number of carbonyl (C=O) groups excluding carboxylic acids is 1. The molecule has 98 valence electrons. The van der Waals surface area contributed by atoms with Crippen molar-refractivity contribution in [3.8, 4) is 0 Å². The molecular weight excluding hydrogens is 257 g/mol. The van der Waals surface area contributed by atoms with Gasteiger partial charge in [-0.25, -0.2) is 9.18 Å². The molecule has 1 atom stereocenters. The standard InChI is InChI=1S/C12H15ClFN3O/c13-8-4-9(14)6-11(5-8)17-12(18)16-7-10-2-1-3-15-10/h4-6,10,15H,1-3,7H2,(H2,16,17,18)/t10-/m0/s1. The summed E-state index contributed by atoms with van der Waals surface area (Å²) in [6.45, 7) is 1.56. The van der Waals surface area contributed by atoms with Crippen molar-refractivity contribution in [3.63, 3.8) is 0 Å². The monoisotopic (exact) mass is 271 g/mol. The van der Waals surface area contributed by atoms with Gasteiger partial charge in [0.1, 0.15) is 5.82 Å². The fourth-order valence-corrected chi connectivity index (χ4v) is 2.17. The first-order chi connectivity index (χ1) is 8.63. The van der Waals surface area contributed by atoms with E-state index in [0.717, 1.165) is 19.4 Å². The Morgan fingerprint density at radius 3 is 3.00 bits per heavy atom. The minimum absolute atomic E-state index is 0.253. The third-order valence-electron chi connectivity index (χ3n) is 2.79. The molecule has 1 aromatic rings. The third kappa shape index (κ3) is 3.85. The number of hydrogen-bond donors (Lipinski definition) is 3. The van der Waals surface area contributed by atoms with Gasteiger partial charge in [0, 0.05) is 23.3 Å². The van der Waals surface area contributed by atoms with E-state index in [1.54, 1.807) is 0 Å². The predicted octanol–water partition coefficient (Wildman–Crippen LogP) is 2.35. The van der Waals surface area contributed by atoms with Crippen LogP contribution in [0.15, 0.2) is 18.2 Å². The molecule has 0 radical (unpaired) electrons. The van der Waals surface area contributed by atoms with Crippen molar-refractivity contribution in [2.75, 3.05) is 18.4 Å². The Morgan fingerprint density at radius 1 is 1.50 bits per heavy atom. The molecule has 4 nitrogen and oxygen atoms in total. The number of urea groups is 1. The quantitative estimate of drug-likeness (QED) is 0.790. The molecule has 18 heavy (non-hydrogen) atoms. The van der Waals surface area contributed by atoms with Gasteiger partial charge >= 0.3 is 6.03 Å². The molecule has 2 amide bonds. The molecule has 0 aromatic heterocycles. The van der Waals surface area contributed by atoms with Crippen molar-refractivity contribution in [1.29, 1.82) is 0 Å². The van der Waals surface area contributed by atoms with Crippen LogP contribution in [-0.4, -0.2) is 25.2 Å². The number of halogens is 2. The predicted molar refractivity (Wildman–Crippen MR) is 69.5 cm³/mol. The summed E-state index contributed by atoms with van der Waals surface area (Å²) in [5, 5.41) is 8.80. The van der Waals surface area contributed by atoms with Gasteiger partial charge in [-0.2, -0.15) is 0 Å². The molecule has 1 saturated heterocycles. The summed E-state index contributed by atoms with van der Waals surface area (Å²) in [4.78, 5) is 11.6. The lowest BCUT2D eigenvalue weighted by molar-refractivity contribution is 0.251. The van der Waals surface area contributed by atoms with Gasteiger partial charge in [0.15, 0.2) is 0 Å². The van der Waals surface area contributed by atoms with Crippen LogP contribution in [0.1, 0.15) is 12.8 Å². The van der Waals surface area contributed by atoms with Crippen molar-refractivity contribution in [2.24, 2.45) is 0 Å². The van der Waals surface area contributed by atoms with Crippen LogP contribution >= 0.6 is 11.6 Å². The van der Waals surface area contributed by atoms with E-state index in [1.807, 2.05) is 0 Å². The van der Waals surface area contributed by atoms with Crippen molar-refractivity contribution >= 4 is 23.3 Å². The molecule has 1 fully saturated rings. The highest BCUT2D eigenvalue weighted by molar-refractivity contribution is 6.30. The highest BCUT2D eigenvalue weighted by atomic mass is 35.5. The fraction of sp³-hybridized carbons (Fsp3) is 0.417. The smallest absolute Gasteiger partial charge is 0.319 e. The van der Waals surface area contributed by atoms with Gasteiger partial charge < -0.3 is 16.0 Å². The zero-order valence-corrected chi connectivity index (χ0v) is 10.6. The topological polar surface area (TPSA) is 53.2 Å².